The van der Waals surface area contributed by atoms with Crippen LogP contribution in [0.3, 0.4) is 0 Å². The number of halogens is 1. The number of aliphatic carboxylic acids is 1. The number of carboxylic acids is 1. The largest absolute Gasteiger partial charge is 0.478 e. The number of hydrogen-bond donors (Lipinski definition) is 2. The number of rotatable bonds is 9. The van der Waals surface area contributed by atoms with Gasteiger partial charge in [-0.25, -0.2) is 4.79 Å². The molecule has 0 radical (unpaired) electrons. The summed E-state index contributed by atoms with van der Waals surface area (Å²) in [5.74, 6) is -0.692. The van der Waals surface area contributed by atoms with Gasteiger partial charge >= 0.3 is 5.97 Å². The van der Waals surface area contributed by atoms with Crippen LogP contribution in [0.1, 0.15) is 15.2 Å². The van der Waals surface area contributed by atoms with Gasteiger partial charge in [0.05, 0.1) is 4.88 Å². The first-order chi connectivity index (χ1) is 18.9. The number of carbonyl (C=O) groups excluding carboxylic acids is 1. The quantitative estimate of drug-likeness (QED) is 0.193. The van der Waals surface area contributed by atoms with E-state index in [2.05, 4.69) is 5.32 Å². The second kappa shape index (κ2) is 12.0. The molecule has 1 heterocycles. The number of amides is 1. The Morgan fingerprint density at radius 1 is 0.769 bits per heavy atom. The smallest absolute Gasteiger partial charge is 0.345 e. The molecule has 1 atom stereocenters. The minimum atomic E-state index is -1.01. The Bertz CT molecular complexity index is 1560. The van der Waals surface area contributed by atoms with Gasteiger partial charge in [-0.15, -0.1) is 11.3 Å². The first-order valence-electron chi connectivity index (χ1n) is 12.3. The molecule has 5 aromatic rings. The highest BCUT2D eigenvalue weighted by atomic mass is 35.5. The molecule has 1 amide bonds. The van der Waals surface area contributed by atoms with Crippen molar-refractivity contribution in [3.8, 4) is 27.3 Å². The van der Waals surface area contributed by atoms with Gasteiger partial charge in [0.2, 0.25) is 0 Å². The van der Waals surface area contributed by atoms with Gasteiger partial charge in [-0.3, -0.25) is 4.79 Å². The highest BCUT2D eigenvalue weighted by Gasteiger charge is 2.20. The molecule has 0 saturated heterocycles. The van der Waals surface area contributed by atoms with E-state index >= 15 is 0 Å². The van der Waals surface area contributed by atoms with Gasteiger partial charge in [-0.05, 0) is 70.8 Å². The number of hydrogen-bond acceptors (Lipinski definition) is 4. The van der Waals surface area contributed by atoms with E-state index < -0.39 is 12.1 Å². The molecule has 0 aliphatic heterocycles. The Morgan fingerprint density at radius 2 is 1.38 bits per heavy atom. The predicted molar refractivity (Wildman–Crippen MR) is 157 cm³/mol. The van der Waals surface area contributed by atoms with Gasteiger partial charge in [0.25, 0.3) is 5.91 Å². The summed E-state index contributed by atoms with van der Waals surface area (Å²) in [5, 5.41) is 13.2. The van der Waals surface area contributed by atoms with Crippen LogP contribution in [0.15, 0.2) is 115 Å². The van der Waals surface area contributed by atoms with Crippen LogP contribution in [-0.4, -0.2) is 23.1 Å². The summed E-state index contributed by atoms with van der Waals surface area (Å²) in [4.78, 5) is 26.1. The molecule has 5 rings (SSSR count). The number of benzene rings is 4. The van der Waals surface area contributed by atoms with E-state index in [0.29, 0.717) is 21.3 Å². The SMILES string of the molecule is O=C(Nc1ccc(-c2ccc(OC(Cc3ccccc3)C(=O)O)cc2)cc1)c1ccc(-c2ccc(Cl)cc2)s1. The number of carboxylic acid groups (broad SMARTS) is 1. The van der Waals surface area contributed by atoms with Gasteiger partial charge < -0.3 is 15.2 Å². The maximum atomic E-state index is 12.8. The van der Waals surface area contributed by atoms with E-state index in [4.69, 9.17) is 16.3 Å². The number of anilines is 1. The summed E-state index contributed by atoms with van der Waals surface area (Å²) < 4.78 is 5.76. The summed E-state index contributed by atoms with van der Waals surface area (Å²) in [5.41, 5.74) is 4.50. The van der Waals surface area contributed by atoms with Gasteiger partial charge in [0.15, 0.2) is 6.10 Å². The van der Waals surface area contributed by atoms with Crippen LogP contribution in [0, 0.1) is 0 Å². The lowest BCUT2D eigenvalue weighted by molar-refractivity contribution is -0.145. The molecule has 0 aliphatic rings. The normalized spacial score (nSPS) is 11.5. The molecule has 1 aromatic heterocycles. The summed E-state index contributed by atoms with van der Waals surface area (Å²) in [6, 6.07) is 35.5. The van der Waals surface area contributed by atoms with E-state index in [1.807, 2.05) is 103 Å². The third-order valence-electron chi connectivity index (χ3n) is 6.11. The Balaban J connectivity index is 1.20. The lowest BCUT2D eigenvalue weighted by atomic mass is 10.0. The van der Waals surface area contributed by atoms with Crippen LogP contribution in [-0.2, 0) is 11.2 Å². The van der Waals surface area contributed by atoms with Gasteiger partial charge in [-0.1, -0.05) is 78.3 Å². The molecule has 0 saturated carbocycles. The van der Waals surface area contributed by atoms with Crippen LogP contribution in [0.25, 0.3) is 21.6 Å². The first-order valence-corrected chi connectivity index (χ1v) is 13.4. The minimum Gasteiger partial charge on any atom is -0.478 e. The van der Waals surface area contributed by atoms with Crippen LogP contribution >= 0.6 is 22.9 Å². The number of thiophene rings is 1. The van der Waals surface area contributed by atoms with Crippen LogP contribution in [0.4, 0.5) is 5.69 Å². The van der Waals surface area contributed by atoms with Crippen LogP contribution in [0.5, 0.6) is 5.75 Å². The highest BCUT2D eigenvalue weighted by Crippen LogP contribution is 2.30. The molecule has 0 fully saturated rings. The number of carbonyl (C=O) groups is 2. The first kappa shape index (κ1) is 26.2. The van der Waals surface area contributed by atoms with Crippen LogP contribution in [0.2, 0.25) is 5.02 Å². The molecular weight excluding hydrogens is 530 g/mol. The Kier molecular flexibility index (Phi) is 8.06. The van der Waals surface area contributed by atoms with Gasteiger partial charge in [0, 0.05) is 22.0 Å². The van der Waals surface area contributed by atoms with E-state index in [-0.39, 0.29) is 12.3 Å². The summed E-state index contributed by atoms with van der Waals surface area (Å²) in [6.07, 6.45) is -0.703. The second-order valence-electron chi connectivity index (χ2n) is 8.86. The van der Waals surface area contributed by atoms with Crippen molar-refractivity contribution < 1.29 is 19.4 Å². The summed E-state index contributed by atoms with van der Waals surface area (Å²) in [7, 11) is 0. The molecule has 0 bridgehead atoms. The molecule has 194 valence electrons. The van der Waals surface area contributed by atoms with E-state index in [9.17, 15) is 14.7 Å². The summed E-state index contributed by atoms with van der Waals surface area (Å²) >= 11 is 7.39. The Hall–Kier alpha value is -4.39. The van der Waals surface area contributed by atoms with Gasteiger partial charge in [-0.2, -0.15) is 0 Å². The van der Waals surface area contributed by atoms with Crippen molar-refractivity contribution in [3.63, 3.8) is 0 Å². The van der Waals surface area contributed by atoms with Crippen molar-refractivity contribution in [3.05, 3.63) is 131 Å². The fourth-order valence-corrected chi connectivity index (χ4v) is 5.10. The van der Waals surface area contributed by atoms with Crippen molar-refractivity contribution in [2.75, 3.05) is 5.32 Å². The zero-order valence-corrected chi connectivity index (χ0v) is 22.3. The zero-order valence-electron chi connectivity index (χ0n) is 20.7. The van der Waals surface area contributed by atoms with Crippen LogP contribution < -0.4 is 10.1 Å². The zero-order chi connectivity index (χ0) is 27.2. The minimum absolute atomic E-state index is 0.169. The number of ether oxygens (including phenoxy) is 1. The molecule has 7 heteroatoms. The summed E-state index contributed by atoms with van der Waals surface area (Å²) in [6.45, 7) is 0. The standard InChI is InChI=1S/C32H24ClNO4S/c33-25-12-6-24(7-13-25)29-18-19-30(39-29)31(35)34-26-14-8-22(9-15-26)23-10-16-27(17-11-23)38-28(32(36)37)20-21-4-2-1-3-5-21/h1-19,28H,20H2,(H,34,35)(H,36,37). The molecular formula is C32H24ClNO4S. The Labute approximate surface area is 235 Å². The molecule has 0 spiro atoms. The molecule has 0 aliphatic carbocycles. The lowest BCUT2D eigenvalue weighted by Crippen LogP contribution is -2.29. The van der Waals surface area contributed by atoms with Crippen molar-refractivity contribution in [2.45, 2.75) is 12.5 Å². The average Bonchev–Trinajstić information content (AvgIpc) is 3.45. The fraction of sp³-hybridized carbons (Fsp3) is 0.0625. The molecule has 2 N–H and O–H groups in total. The Morgan fingerprint density at radius 3 is 2.03 bits per heavy atom. The molecule has 5 nitrogen and oxygen atoms in total. The molecule has 1 unspecified atom stereocenters. The predicted octanol–water partition coefficient (Wildman–Crippen LogP) is 8.06. The average molecular weight is 554 g/mol. The van der Waals surface area contributed by atoms with E-state index in [1.165, 1.54) is 11.3 Å². The van der Waals surface area contributed by atoms with Gasteiger partial charge in [0.1, 0.15) is 5.75 Å². The monoisotopic (exact) mass is 553 g/mol. The maximum absolute atomic E-state index is 12.8. The lowest BCUT2D eigenvalue weighted by Gasteiger charge is -2.15. The third-order valence-corrected chi connectivity index (χ3v) is 7.49. The van der Waals surface area contributed by atoms with E-state index in [1.54, 1.807) is 12.1 Å². The van der Waals surface area contributed by atoms with E-state index in [0.717, 1.165) is 27.1 Å². The van der Waals surface area contributed by atoms with Crippen molar-refractivity contribution >= 4 is 40.5 Å². The second-order valence-corrected chi connectivity index (χ2v) is 10.4. The molecule has 4 aromatic carbocycles. The van der Waals surface area contributed by atoms with Crippen molar-refractivity contribution in [1.82, 2.24) is 0 Å². The fourth-order valence-electron chi connectivity index (χ4n) is 4.07. The molecule has 39 heavy (non-hydrogen) atoms. The number of nitrogens with one attached hydrogen (secondary N) is 1. The van der Waals surface area contributed by atoms with Crippen molar-refractivity contribution in [2.24, 2.45) is 0 Å². The third kappa shape index (κ3) is 6.74. The maximum Gasteiger partial charge on any atom is 0.345 e. The topological polar surface area (TPSA) is 75.6 Å². The van der Waals surface area contributed by atoms with Crippen molar-refractivity contribution in [1.29, 1.82) is 0 Å². The highest BCUT2D eigenvalue weighted by molar-refractivity contribution is 7.17.